The Bertz CT molecular complexity index is 687. The molecule has 0 aliphatic rings. The van der Waals surface area contributed by atoms with Crippen molar-refractivity contribution in [3.63, 3.8) is 0 Å². The van der Waals surface area contributed by atoms with Gasteiger partial charge in [-0.15, -0.1) is 0 Å². The summed E-state index contributed by atoms with van der Waals surface area (Å²) in [6.45, 7) is 2.17. The Hall–Kier alpha value is -2.83. The Morgan fingerprint density at radius 1 is 1.36 bits per heavy atom. The maximum Gasteiger partial charge on any atom is 0.421 e. The highest BCUT2D eigenvalue weighted by molar-refractivity contribution is 5.48. The zero-order valence-electron chi connectivity index (χ0n) is 11.5. The minimum absolute atomic E-state index is 0.0389. The molecule has 3 N–H and O–H groups in total. The molecule has 22 heavy (non-hydrogen) atoms. The molecule has 0 fully saturated rings. The molecule has 0 unspecified atom stereocenters. The monoisotopic (exact) mass is 311 g/mol. The number of nitrogens with zero attached hydrogens (tertiary/aromatic N) is 4. The molecule has 7 nitrogen and oxygen atoms in total. The van der Waals surface area contributed by atoms with Gasteiger partial charge in [-0.25, -0.2) is 4.98 Å². The molecule has 0 aliphatic carbocycles. The Balaban J connectivity index is 2.14. The van der Waals surface area contributed by atoms with E-state index < -0.39 is 11.7 Å². The molecule has 0 aliphatic heterocycles. The zero-order valence-corrected chi connectivity index (χ0v) is 11.5. The third-order valence-corrected chi connectivity index (χ3v) is 2.62. The quantitative estimate of drug-likeness (QED) is 0.782. The Kier molecular flexibility index (Phi) is 4.45. The van der Waals surface area contributed by atoms with Gasteiger partial charge in [0.05, 0.1) is 12.2 Å². The summed E-state index contributed by atoms with van der Waals surface area (Å²) < 4.78 is 38.4. The van der Waals surface area contributed by atoms with Crippen LogP contribution in [-0.4, -0.2) is 26.7 Å². The summed E-state index contributed by atoms with van der Waals surface area (Å²) in [6.07, 6.45) is -3.80. The molecular weight excluding hydrogens is 299 g/mol. The number of nitriles is 1. The lowest BCUT2D eigenvalue weighted by Crippen LogP contribution is -2.15. The fourth-order valence-corrected chi connectivity index (χ4v) is 1.66. The minimum atomic E-state index is -4.53. The third kappa shape index (κ3) is 3.63. The fraction of sp³-hybridized carbons (Fsp3) is 0.333. The average Bonchev–Trinajstić information content (AvgIpc) is 2.92. The molecular formula is C12H12F3N7. The van der Waals surface area contributed by atoms with Crippen molar-refractivity contribution in [3.05, 3.63) is 29.2 Å². The van der Waals surface area contributed by atoms with Gasteiger partial charge < -0.3 is 10.6 Å². The van der Waals surface area contributed by atoms with E-state index in [1.807, 2.05) is 6.07 Å². The van der Waals surface area contributed by atoms with Gasteiger partial charge in [0.25, 0.3) is 0 Å². The lowest BCUT2D eigenvalue weighted by atomic mass is 10.3. The molecule has 10 heteroatoms. The van der Waals surface area contributed by atoms with Crippen molar-refractivity contribution in [3.8, 4) is 6.07 Å². The van der Waals surface area contributed by atoms with Crippen LogP contribution in [0.5, 0.6) is 0 Å². The van der Waals surface area contributed by atoms with Crippen molar-refractivity contribution >= 4 is 11.8 Å². The molecule has 0 spiro atoms. The molecule has 0 atom stereocenters. The molecule has 0 bridgehead atoms. The number of H-pyrrole nitrogens is 1. The van der Waals surface area contributed by atoms with Crippen LogP contribution in [-0.2, 0) is 12.7 Å². The fourth-order valence-electron chi connectivity index (χ4n) is 1.66. The Morgan fingerprint density at radius 3 is 2.73 bits per heavy atom. The number of aromatic nitrogens is 4. The molecule has 0 radical (unpaired) electrons. The van der Waals surface area contributed by atoms with E-state index in [0.29, 0.717) is 12.2 Å². The first-order valence-corrected chi connectivity index (χ1v) is 6.30. The average molecular weight is 311 g/mol. The van der Waals surface area contributed by atoms with E-state index in [0.717, 1.165) is 6.20 Å². The van der Waals surface area contributed by atoms with Gasteiger partial charge in [0.2, 0.25) is 5.95 Å². The van der Waals surface area contributed by atoms with Crippen LogP contribution >= 0.6 is 0 Å². The van der Waals surface area contributed by atoms with Crippen LogP contribution in [0.1, 0.15) is 23.9 Å². The standard InChI is InChI=1S/C12H12F3N7/c1-2-17-10-9(12(13,14)15)6-19-11(20-10)18-5-8-3-7(4-16)21-22-8/h3,6H,2,5H2,1H3,(H,21,22)(H2,17,18,19,20). The van der Waals surface area contributed by atoms with Crippen molar-refractivity contribution in [1.29, 1.82) is 5.26 Å². The molecule has 2 heterocycles. The molecule has 0 saturated heterocycles. The van der Waals surface area contributed by atoms with Crippen LogP contribution < -0.4 is 10.6 Å². The third-order valence-electron chi connectivity index (χ3n) is 2.62. The summed E-state index contributed by atoms with van der Waals surface area (Å²) in [6, 6.07) is 3.38. The largest absolute Gasteiger partial charge is 0.421 e. The lowest BCUT2D eigenvalue weighted by Gasteiger charge is -2.13. The number of aromatic amines is 1. The summed E-state index contributed by atoms with van der Waals surface area (Å²) in [5.74, 6) is -0.244. The SMILES string of the molecule is CCNc1nc(NCc2cc(C#N)n[nH]2)ncc1C(F)(F)F. The summed E-state index contributed by atoms with van der Waals surface area (Å²) in [5.41, 5.74) is -0.114. The summed E-state index contributed by atoms with van der Waals surface area (Å²) in [5, 5.41) is 20.3. The van der Waals surface area contributed by atoms with Gasteiger partial charge >= 0.3 is 6.18 Å². The van der Waals surface area contributed by atoms with Gasteiger partial charge in [-0.3, -0.25) is 5.10 Å². The smallest absolute Gasteiger partial charge is 0.370 e. The van der Waals surface area contributed by atoms with Gasteiger partial charge in [0, 0.05) is 12.7 Å². The van der Waals surface area contributed by atoms with Crippen molar-refractivity contribution in [2.75, 3.05) is 17.2 Å². The van der Waals surface area contributed by atoms with Crippen molar-refractivity contribution in [2.24, 2.45) is 0 Å². The first-order chi connectivity index (χ1) is 10.4. The number of hydrogen-bond donors (Lipinski definition) is 3. The van der Waals surface area contributed by atoms with E-state index in [4.69, 9.17) is 5.26 Å². The first-order valence-electron chi connectivity index (χ1n) is 6.30. The van der Waals surface area contributed by atoms with E-state index in [9.17, 15) is 13.2 Å². The van der Waals surface area contributed by atoms with Gasteiger partial charge in [-0.05, 0) is 13.0 Å². The molecule has 0 aromatic carbocycles. The topological polar surface area (TPSA) is 102 Å². The van der Waals surface area contributed by atoms with E-state index in [1.165, 1.54) is 6.07 Å². The highest BCUT2D eigenvalue weighted by Crippen LogP contribution is 2.33. The maximum absolute atomic E-state index is 12.8. The normalized spacial score (nSPS) is 11.0. The Labute approximate surface area is 123 Å². The molecule has 0 amide bonds. The number of hydrogen-bond acceptors (Lipinski definition) is 6. The van der Waals surface area contributed by atoms with Crippen LogP contribution in [0.4, 0.5) is 24.9 Å². The van der Waals surface area contributed by atoms with Gasteiger partial charge in [0.15, 0.2) is 5.69 Å². The van der Waals surface area contributed by atoms with Crippen molar-refractivity contribution in [2.45, 2.75) is 19.6 Å². The van der Waals surface area contributed by atoms with E-state index in [-0.39, 0.29) is 24.0 Å². The van der Waals surface area contributed by atoms with Crippen LogP contribution in [0.2, 0.25) is 0 Å². The number of alkyl halides is 3. The second-order valence-electron chi connectivity index (χ2n) is 4.23. The van der Waals surface area contributed by atoms with Gasteiger partial charge in [0.1, 0.15) is 17.5 Å². The molecule has 116 valence electrons. The van der Waals surface area contributed by atoms with Gasteiger partial charge in [-0.2, -0.15) is 28.5 Å². The maximum atomic E-state index is 12.8. The number of halogens is 3. The first kappa shape index (κ1) is 15.6. The second kappa shape index (κ2) is 6.30. The van der Waals surface area contributed by atoms with Crippen LogP contribution in [0, 0.1) is 11.3 Å². The van der Waals surface area contributed by atoms with E-state index in [2.05, 4.69) is 30.8 Å². The van der Waals surface area contributed by atoms with Crippen LogP contribution in [0.3, 0.4) is 0 Å². The van der Waals surface area contributed by atoms with Crippen LogP contribution in [0.15, 0.2) is 12.3 Å². The van der Waals surface area contributed by atoms with Gasteiger partial charge in [-0.1, -0.05) is 0 Å². The van der Waals surface area contributed by atoms with E-state index in [1.54, 1.807) is 6.92 Å². The van der Waals surface area contributed by atoms with Crippen molar-refractivity contribution < 1.29 is 13.2 Å². The summed E-state index contributed by atoms with van der Waals surface area (Å²) >= 11 is 0. The molecule has 2 aromatic heterocycles. The van der Waals surface area contributed by atoms with Crippen LogP contribution in [0.25, 0.3) is 0 Å². The van der Waals surface area contributed by atoms with E-state index >= 15 is 0 Å². The molecule has 2 aromatic rings. The minimum Gasteiger partial charge on any atom is -0.370 e. The predicted octanol–water partition coefficient (Wildman–Crippen LogP) is 2.13. The lowest BCUT2D eigenvalue weighted by molar-refractivity contribution is -0.137. The predicted molar refractivity (Wildman–Crippen MR) is 71.8 cm³/mol. The summed E-state index contributed by atoms with van der Waals surface area (Å²) in [4.78, 5) is 7.47. The Morgan fingerprint density at radius 2 is 2.14 bits per heavy atom. The molecule has 2 rings (SSSR count). The number of nitrogens with one attached hydrogen (secondary N) is 3. The number of anilines is 2. The highest BCUT2D eigenvalue weighted by atomic mass is 19.4. The zero-order chi connectivity index (χ0) is 16.2. The van der Waals surface area contributed by atoms with Crippen molar-refractivity contribution in [1.82, 2.24) is 20.2 Å². The second-order valence-corrected chi connectivity index (χ2v) is 4.23. The molecule has 0 saturated carbocycles. The number of rotatable bonds is 5. The highest BCUT2D eigenvalue weighted by Gasteiger charge is 2.35. The summed E-state index contributed by atoms with van der Waals surface area (Å²) in [7, 11) is 0.